The largest absolute Gasteiger partial charge is 0.342 e. The highest BCUT2D eigenvalue weighted by atomic mass is 16.5. The van der Waals surface area contributed by atoms with Gasteiger partial charge in [-0.3, -0.25) is 9.59 Å². The second-order valence-electron chi connectivity index (χ2n) is 6.42. The number of aromatic nitrogens is 2. The Balaban J connectivity index is 2.37. The summed E-state index contributed by atoms with van der Waals surface area (Å²) in [6, 6.07) is 1.78. The van der Waals surface area contributed by atoms with E-state index in [1.54, 1.807) is 24.9 Å². The van der Waals surface area contributed by atoms with Gasteiger partial charge in [-0.05, 0) is 32.8 Å². The van der Waals surface area contributed by atoms with Gasteiger partial charge < -0.3 is 14.3 Å². The molecule has 0 N–H and O–H groups in total. The van der Waals surface area contributed by atoms with Crippen molar-refractivity contribution in [2.24, 2.45) is 0 Å². The van der Waals surface area contributed by atoms with Crippen molar-refractivity contribution < 1.29 is 14.1 Å². The minimum absolute atomic E-state index is 0.0334. The zero-order chi connectivity index (χ0) is 18.7. The van der Waals surface area contributed by atoms with E-state index in [4.69, 9.17) is 4.52 Å². The molecule has 2 amide bonds. The van der Waals surface area contributed by atoms with Crippen LogP contribution in [0.25, 0.3) is 11.1 Å². The van der Waals surface area contributed by atoms with Crippen molar-refractivity contribution in [1.82, 2.24) is 19.9 Å². The fraction of sp³-hybridized carbons (Fsp3) is 0.556. The van der Waals surface area contributed by atoms with E-state index < -0.39 is 0 Å². The quantitative estimate of drug-likeness (QED) is 0.803. The smallest absolute Gasteiger partial charge is 0.259 e. The van der Waals surface area contributed by atoms with Crippen molar-refractivity contribution in [1.29, 1.82) is 0 Å². The van der Waals surface area contributed by atoms with E-state index in [0.717, 1.165) is 5.69 Å². The Labute approximate surface area is 148 Å². The molecule has 0 bridgehead atoms. The minimum atomic E-state index is -0.235. The van der Waals surface area contributed by atoms with E-state index in [1.807, 2.05) is 27.7 Å². The summed E-state index contributed by atoms with van der Waals surface area (Å²) in [5, 5.41) is 4.54. The second kappa shape index (κ2) is 7.63. The molecular weight excluding hydrogens is 320 g/mol. The number of amides is 2. The number of pyridine rings is 1. The van der Waals surface area contributed by atoms with Gasteiger partial charge in [-0.2, -0.15) is 0 Å². The summed E-state index contributed by atoms with van der Waals surface area (Å²) < 4.78 is 5.26. The number of aryl methyl sites for hydroxylation is 1. The van der Waals surface area contributed by atoms with Gasteiger partial charge in [-0.1, -0.05) is 19.0 Å². The Morgan fingerprint density at radius 1 is 1.24 bits per heavy atom. The molecule has 0 aliphatic heterocycles. The molecule has 2 heterocycles. The summed E-state index contributed by atoms with van der Waals surface area (Å²) in [6.07, 6.45) is 0. The van der Waals surface area contributed by atoms with Gasteiger partial charge in [0.15, 0.2) is 0 Å². The molecule has 136 valence electrons. The molecule has 25 heavy (non-hydrogen) atoms. The first-order valence-corrected chi connectivity index (χ1v) is 8.60. The summed E-state index contributed by atoms with van der Waals surface area (Å²) in [6.45, 7) is 10.9. The van der Waals surface area contributed by atoms with E-state index >= 15 is 0 Å². The Morgan fingerprint density at radius 3 is 2.44 bits per heavy atom. The first kappa shape index (κ1) is 18.9. The summed E-state index contributed by atoms with van der Waals surface area (Å²) in [5.41, 5.74) is 2.21. The van der Waals surface area contributed by atoms with Crippen molar-refractivity contribution in [3.05, 3.63) is 23.0 Å². The lowest BCUT2D eigenvalue weighted by Crippen LogP contribution is -2.41. The van der Waals surface area contributed by atoms with Crippen LogP contribution in [0.4, 0.5) is 0 Å². The first-order valence-electron chi connectivity index (χ1n) is 8.60. The average Bonchev–Trinajstić information content (AvgIpc) is 2.95. The highest BCUT2D eigenvalue weighted by molar-refractivity contribution is 6.06. The topological polar surface area (TPSA) is 79.5 Å². The van der Waals surface area contributed by atoms with Crippen LogP contribution < -0.4 is 0 Å². The molecular formula is C18H26N4O3. The van der Waals surface area contributed by atoms with Gasteiger partial charge in [0.05, 0.1) is 23.2 Å². The number of hydrogen-bond donors (Lipinski definition) is 0. The fourth-order valence-corrected chi connectivity index (χ4v) is 2.73. The lowest BCUT2D eigenvalue weighted by atomic mass is 10.0. The van der Waals surface area contributed by atoms with E-state index in [-0.39, 0.29) is 24.3 Å². The molecule has 7 heteroatoms. The predicted octanol–water partition coefficient (Wildman–Crippen LogP) is 2.60. The maximum absolute atomic E-state index is 13.0. The molecule has 0 fully saturated rings. The van der Waals surface area contributed by atoms with Crippen LogP contribution >= 0.6 is 0 Å². The molecule has 2 aromatic heterocycles. The van der Waals surface area contributed by atoms with E-state index in [0.29, 0.717) is 35.4 Å². The van der Waals surface area contributed by atoms with Crippen molar-refractivity contribution in [3.8, 4) is 0 Å². The molecule has 0 unspecified atom stereocenters. The summed E-state index contributed by atoms with van der Waals surface area (Å²) in [5.74, 6) is -0.164. The Bertz CT molecular complexity index is 778. The molecule has 0 aromatic carbocycles. The molecule has 7 nitrogen and oxygen atoms in total. The Morgan fingerprint density at radius 2 is 1.88 bits per heavy atom. The zero-order valence-corrected chi connectivity index (χ0v) is 15.8. The standard InChI is InChI=1S/C18H26N4O3/c1-7-22(8-2)15(23)10-21(6)18(24)13-9-14(11(3)4)19-17-16(13)12(5)20-25-17/h9,11H,7-8,10H2,1-6H3. The molecule has 2 aromatic rings. The van der Waals surface area contributed by atoms with Crippen molar-refractivity contribution in [2.45, 2.75) is 40.5 Å². The van der Waals surface area contributed by atoms with Crippen molar-refractivity contribution in [2.75, 3.05) is 26.7 Å². The van der Waals surface area contributed by atoms with Crippen LogP contribution in [0.5, 0.6) is 0 Å². The molecule has 0 radical (unpaired) electrons. The van der Waals surface area contributed by atoms with Crippen LogP contribution in [0.1, 0.15) is 55.4 Å². The maximum atomic E-state index is 13.0. The number of rotatable bonds is 6. The van der Waals surface area contributed by atoms with Crippen LogP contribution in [-0.4, -0.2) is 58.4 Å². The molecule has 0 atom stereocenters. The lowest BCUT2D eigenvalue weighted by Gasteiger charge is -2.23. The molecule has 0 saturated heterocycles. The van der Waals surface area contributed by atoms with Crippen LogP contribution in [0.3, 0.4) is 0 Å². The van der Waals surface area contributed by atoms with Crippen molar-refractivity contribution >= 4 is 22.9 Å². The maximum Gasteiger partial charge on any atom is 0.259 e. The van der Waals surface area contributed by atoms with Crippen LogP contribution in [-0.2, 0) is 4.79 Å². The van der Waals surface area contributed by atoms with Crippen LogP contribution in [0.15, 0.2) is 10.6 Å². The summed E-state index contributed by atoms with van der Waals surface area (Å²) in [7, 11) is 1.63. The highest BCUT2D eigenvalue weighted by Crippen LogP contribution is 2.26. The van der Waals surface area contributed by atoms with Crippen LogP contribution in [0.2, 0.25) is 0 Å². The average molecular weight is 346 g/mol. The Hall–Kier alpha value is -2.44. The van der Waals surface area contributed by atoms with Gasteiger partial charge in [-0.15, -0.1) is 0 Å². The first-order chi connectivity index (χ1) is 11.8. The van der Waals surface area contributed by atoms with Crippen LogP contribution in [0, 0.1) is 6.92 Å². The molecule has 0 saturated carbocycles. The Kier molecular flexibility index (Phi) is 5.77. The minimum Gasteiger partial charge on any atom is -0.342 e. The molecule has 2 rings (SSSR count). The fourth-order valence-electron chi connectivity index (χ4n) is 2.73. The molecule has 0 spiro atoms. The monoisotopic (exact) mass is 346 g/mol. The van der Waals surface area contributed by atoms with Gasteiger partial charge in [-0.25, -0.2) is 4.98 Å². The lowest BCUT2D eigenvalue weighted by molar-refractivity contribution is -0.131. The molecule has 0 aliphatic rings. The van der Waals surface area contributed by atoms with E-state index in [2.05, 4.69) is 10.1 Å². The number of nitrogens with zero attached hydrogens (tertiary/aromatic N) is 4. The zero-order valence-electron chi connectivity index (χ0n) is 15.8. The summed E-state index contributed by atoms with van der Waals surface area (Å²) >= 11 is 0. The third-order valence-electron chi connectivity index (χ3n) is 4.29. The number of carbonyl (C=O) groups is 2. The van der Waals surface area contributed by atoms with E-state index in [1.165, 1.54) is 4.90 Å². The normalized spacial score (nSPS) is 11.2. The number of likely N-dealkylation sites (N-methyl/N-ethyl adjacent to an activating group) is 2. The van der Waals surface area contributed by atoms with Gasteiger partial charge >= 0.3 is 0 Å². The van der Waals surface area contributed by atoms with Crippen molar-refractivity contribution in [3.63, 3.8) is 0 Å². The number of fused-ring (bicyclic) bond motifs is 1. The third-order valence-corrected chi connectivity index (χ3v) is 4.29. The van der Waals surface area contributed by atoms with E-state index in [9.17, 15) is 9.59 Å². The third kappa shape index (κ3) is 3.81. The summed E-state index contributed by atoms with van der Waals surface area (Å²) in [4.78, 5) is 32.9. The SMILES string of the molecule is CCN(CC)C(=O)CN(C)C(=O)c1cc(C(C)C)nc2onc(C)c12. The highest BCUT2D eigenvalue weighted by Gasteiger charge is 2.24. The number of hydrogen-bond acceptors (Lipinski definition) is 5. The van der Waals surface area contributed by atoms with Gasteiger partial charge in [0.1, 0.15) is 0 Å². The predicted molar refractivity (Wildman–Crippen MR) is 95.5 cm³/mol. The van der Waals surface area contributed by atoms with Gasteiger partial charge in [0, 0.05) is 25.8 Å². The number of carbonyl (C=O) groups excluding carboxylic acids is 2. The second-order valence-corrected chi connectivity index (χ2v) is 6.42. The van der Waals surface area contributed by atoms with Gasteiger partial charge in [0.2, 0.25) is 5.91 Å². The van der Waals surface area contributed by atoms with Gasteiger partial charge in [0.25, 0.3) is 11.6 Å². The molecule has 0 aliphatic carbocycles.